The van der Waals surface area contributed by atoms with Crippen molar-refractivity contribution in [1.29, 1.82) is 0 Å². The molecule has 134 valence electrons. The Balaban J connectivity index is 0.00000484. The summed E-state index contributed by atoms with van der Waals surface area (Å²) in [7, 11) is 0. The molecule has 1 heterocycles. The second-order valence-electron chi connectivity index (χ2n) is 4.81. The molecule has 0 saturated carbocycles. The van der Waals surface area contributed by atoms with Gasteiger partial charge in [0.05, 0.1) is 6.26 Å². The van der Waals surface area contributed by atoms with E-state index in [0.717, 1.165) is 69.6 Å². The first-order valence-electron chi connectivity index (χ1n) is 7.98. The molecule has 5 nitrogen and oxygen atoms in total. The first-order chi connectivity index (χ1) is 10.9. The normalized spacial score (nSPS) is 11.1. The van der Waals surface area contributed by atoms with Crippen LogP contribution < -0.4 is 10.6 Å². The van der Waals surface area contributed by atoms with Gasteiger partial charge in [-0.2, -0.15) is 11.8 Å². The fourth-order valence-electron chi connectivity index (χ4n) is 1.86. The Morgan fingerprint density at radius 1 is 1.30 bits per heavy atom. The van der Waals surface area contributed by atoms with Gasteiger partial charge in [0.15, 0.2) is 5.96 Å². The van der Waals surface area contributed by atoms with Crippen LogP contribution in [0.5, 0.6) is 0 Å². The number of aliphatic imine (C=N–C) groups is 1. The first kappa shape index (κ1) is 22.6. The van der Waals surface area contributed by atoms with Crippen LogP contribution in [0.2, 0.25) is 0 Å². The summed E-state index contributed by atoms with van der Waals surface area (Å²) in [6, 6.07) is 3.91. The quantitative estimate of drug-likeness (QED) is 0.220. The molecule has 0 radical (unpaired) electrons. The lowest BCUT2D eigenvalue weighted by atomic mass is 10.3. The average Bonchev–Trinajstić information content (AvgIpc) is 3.03. The number of furan rings is 1. The number of nitrogens with one attached hydrogen (secondary N) is 2. The molecule has 0 unspecified atom stereocenters. The highest BCUT2D eigenvalue weighted by Gasteiger charge is 2.00. The Labute approximate surface area is 161 Å². The van der Waals surface area contributed by atoms with Crippen LogP contribution in [0, 0.1) is 0 Å². The van der Waals surface area contributed by atoms with E-state index < -0.39 is 0 Å². The van der Waals surface area contributed by atoms with Crippen molar-refractivity contribution in [3.63, 3.8) is 0 Å². The maximum absolute atomic E-state index is 5.33. The van der Waals surface area contributed by atoms with E-state index in [1.54, 1.807) is 6.26 Å². The number of guanidine groups is 1. The number of ether oxygens (including phenoxy) is 1. The van der Waals surface area contributed by atoms with E-state index in [4.69, 9.17) is 9.15 Å². The molecule has 0 saturated heterocycles. The Hall–Kier alpha value is -0.410. The van der Waals surface area contributed by atoms with E-state index >= 15 is 0 Å². The lowest BCUT2D eigenvalue weighted by Gasteiger charge is -2.12. The van der Waals surface area contributed by atoms with Gasteiger partial charge in [0.1, 0.15) is 5.76 Å². The van der Waals surface area contributed by atoms with Crippen molar-refractivity contribution in [2.75, 3.05) is 44.9 Å². The number of hydrogen-bond acceptors (Lipinski definition) is 4. The number of halogens is 1. The monoisotopic (exact) mass is 455 g/mol. The molecular weight excluding hydrogens is 425 g/mol. The number of nitrogens with zero attached hydrogens (tertiary/aromatic N) is 1. The molecule has 1 aromatic rings. The molecule has 0 aliphatic rings. The van der Waals surface area contributed by atoms with Gasteiger partial charge in [-0.1, -0.05) is 0 Å². The summed E-state index contributed by atoms with van der Waals surface area (Å²) >= 11 is 1.83. The molecule has 23 heavy (non-hydrogen) atoms. The van der Waals surface area contributed by atoms with Crippen LogP contribution in [-0.2, 0) is 11.2 Å². The highest BCUT2D eigenvalue weighted by molar-refractivity contribution is 14.0. The van der Waals surface area contributed by atoms with E-state index in [1.165, 1.54) is 0 Å². The van der Waals surface area contributed by atoms with Gasteiger partial charge in [-0.25, -0.2) is 0 Å². The maximum atomic E-state index is 5.33. The summed E-state index contributed by atoms with van der Waals surface area (Å²) in [5.74, 6) is 2.95. The Morgan fingerprint density at radius 3 is 2.83 bits per heavy atom. The van der Waals surface area contributed by atoms with Crippen LogP contribution >= 0.6 is 35.7 Å². The zero-order valence-electron chi connectivity index (χ0n) is 14.2. The number of hydrogen-bond donors (Lipinski definition) is 2. The standard InChI is InChI=1S/C16H29N3O2S.HI/c1-3-20-12-5-4-9-17-16(19-11-14-22-2)18-10-8-15-7-6-13-21-15;/h6-7,13H,3-5,8-12,14H2,1-2H3,(H2,17,18,19);1H. The third kappa shape index (κ3) is 12.7. The third-order valence-corrected chi connectivity index (χ3v) is 3.63. The molecule has 1 rings (SSSR count). The van der Waals surface area contributed by atoms with Crippen LogP contribution in [0.15, 0.2) is 27.8 Å². The minimum atomic E-state index is 0. The maximum Gasteiger partial charge on any atom is 0.191 e. The van der Waals surface area contributed by atoms with Gasteiger partial charge < -0.3 is 19.8 Å². The van der Waals surface area contributed by atoms with Crippen molar-refractivity contribution in [2.45, 2.75) is 26.2 Å². The van der Waals surface area contributed by atoms with Crippen molar-refractivity contribution in [3.05, 3.63) is 24.2 Å². The van der Waals surface area contributed by atoms with Gasteiger partial charge in [-0.15, -0.1) is 24.0 Å². The molecule has 0 bridgehead atoms. The zero-order chi connectivity index (χ0) is 15.9. The van der Waals surface area contributed by atoms with E-state index in [9.17, 15) is 0 Å². The average molecular weight is 455 g/mol. The predicted octanol–water partition coefficient (Wildman–Crippen LogP) is 3.16. The Morgan fingerprint density at radius 2 is 2.13 bits per heavy atom. The van der Waals surface area contributed by atoms with Crippen LogP contribution in [0.4, 0.5) is 0 Å². The summed E-state index contributed by atoms with van der Waals surface area (Å²) in [6.45, 7) is 6.20. The van der Waals surface area contributed by atoms with Gasteiger partial charge in [0, 0.05) is 45.0 Å². The molecule has 2 N–H and O–H groups in total. The molecule has 0 spiro atoms. The van der Waals surface area contributed by atoms with Gasteiger partial charge in [-0.3, -0.25) is 4.99 Å². The second kappa shape index (κ2) is 16.4. The summed E-state index contributed by atoms with van der Waals surface area (Å²) in [5.41, 5.74) is 0. The number of thioether (sulfide) groups is 1. The smallest absolute Gasteiger partial charge is 0.191 e. The molecular formula is C16H30IN3O2S. The number of rotatable bonds is 12. The van der Waals surface area contributed by atoms with Crippen molar-refractivity contribution >= 4 is 41.7 Å². The minimum absolute atomic E-state index is 0. The molecule has 0 aromatic carbocycles. The molecule has 0 aliphatic heterocycles. The van der Waals surface area contributed by atoms with Gasteiger partial charge in [0.25, 0.3) is 0 Å². The third-order valence-electron chi connectivity index (χ3n) is 3.01. The van der Waals surface area contributed by atoms with E-state index in [2.05, 4.69) is 21.9 Å². The van der Waals surface area contributed by atoms with Gasteiger partial charge in [0.2, 0.25) is 0 Å². The molecule has 0 amide bonds. The molecule has 7 heteroatoms. The van der Waals surface area contributed by atoms with Crippen LogP contribution in [0.1, 0.15) is 25.5 Å². The first-order valence-corrected chi connectivity index (χ1v) is 9.37. The van der Waals surface area contributed by atoms with Crippen molar-refractivity contribution in [3.8, 4) is 0 Å². The van der Waals surface area contributed by atoms with Crippen LogP contribution in [0.25, 0.3) is 0 Å². The largest absolute Gasteiger partial charge is 0.469 e. The summed E-state index contributed by atoms with van der Waals surface area (Å²) < 4.78 is 10.7. The van der Waals surface area contributed by atoms with Crippen molar-refractivity contribution in [2.24, 2.45) is 4.99 Å². The topological polar surface area (TPSA) is 58.8 Å². The van der Waals surface area contributed by atoms with E-state index in [1.807, 2.05) is 30.8 Å². The zero-order valence-corrected chi connectivity index (χ0v) is 17.3. The second-order valence-corrected chi connectivity index (χ2v) is 5.80. The highest BCUT2D eigenvalue weighted by Crippen LogP contribution is 1.99. The molecule has 0 aliphatic carbocycles. The predicted molar refractivity (Wildman–Crippen MR) is 110 cm³/mol. The summed E-state index contributed by atoms with van der Waals surface area (Å²) in [5, 5.41) is 6.72. The SMILES string of the molecule is CCOCCCCN=C(NCCSC)NCCc1ccco1.I. The minimum Gasteiger partial charge on any atom is -0.469 e. The van der Waals surface area contributed by atoms with Crippen LogP contribution in [0.3, 0.4) is 0 Å². The number of unbranched alkanes of at least 4 members (excludes halogenated alkanes) is 1. The fraction of sp³-hybridized carbons (Fsp3) is 0.688. The lowest BCUT2D eigenvalue weighted by molar-refractivity contribution is 0.144. The van der Waals surface area contributed by atoms with Gasteiger partial charge >= 0.3 is 0 Å². The fourth-order valence-corrected chi connectivity index (χ4v) is 2.16. The molecule has 1 aromatic heterocycles. The molecule has 0 fully saturated rings. The lowest BCUT2D eigenvalue weighted by Crippen LogP contribution is -2.39. The molecule has 0 atom stereocenters. The van der Waals surface area contributed by atoms with E-state index in [0.29, 0.717) is 0 Å². The van der Waals surface area contributed by atoms with E-state index in [-0.39, 0.29) is 24.0 Å². The highest BCUT2D eigenvalue weighted by atomic mass is 127. The summed E-state index contributed by atoms with van der Waals surface area (Å²) in [4.78, 5) is 4.61. The van der Waals surface area contributed by atoms with Crippen molar-refractivity contribution < 1.29 is 9.15 Å². The van der Waals surface area contributed by atoms with Crippen molar-refractivity contribution in [1.82, 2.24) is 10.6 Å². The van der Waals surface area contributed by atoms with Crippen LogP contribution in [-0.4, -0.2) is 50.8 Å². The van der Waals surface area contributed by atoms with Gasteiger partial charge in [-0.05, 0) is 38.2 Å². The Bertz CT molecular complexity index is 389. The Kier molecular flexibility index (Phi) is 16.2. The summed E-state index contributed by atoms with van der Waals surface area (Å²) in [6.07, 6.45) is 6.78.